The summed E-state index contributed by atoms with van der Waals surface area (Å²) in [4.78, 5) is 12.9. The molecule has 1 unspecified atom stereocenters. The van der Waals surface area contributed by atoms with Gasteiger partial charge in [-0.2, -0.15) is 0 Å². The fourth-order valence-corrected chi connectivity index (χ4v) is 2.89. The van der Waals surface area contributed by atoms with E-state index in [1.807, 2.05) is 18.2 Å². The number of rotatable bonds is 4. The molecule has 0 bridgehead atoms. The molecule has 3 nitrogen and oxygen atoms in total. The molecule has 1 aliphatic rings. The van der Waals surface area contributed by atoms with Crippen LogP contribution in [0.25, 0.3) is 0 Å². The van der Waals surface area contributed by atoms with Crippen LogP contribution in [0.1, 0.15) is 18.4 Å². The van der Waals surface area contributed by atoms with Crippen molar-refractivity contribution in [3.8, 4) is 0 Å². The largest absolute Gasteiger partial charge is 0.481 e. The number of carboxylic acid groups (broad SMARTS) is 1. The molecule has 0 spiro atoms. The van der Waals surface area contributed by atoms with Crippen LogP contribution in [0.3, 0.4) is 0 Å². The van der Waals surface area contributed by atoms with Crippen LogP contribution in [-0.4, -0.2) is 29.1 Å². The van der Waals surface area contributed by atoms with Crippen molar-refractivity contribution >= 4 is 29.2 Å². The number of carboxylic acids is 1. The van der Waals surface area contributed by atoms with Crippen molar-refractivity contribution in [3.05, 3.63) is 33.8 Å². The molecule has 1 saturated heterocycles. The highest BCUT2D eigenvalue weighted by molar-refractivity contribution is 6.35. The van der Waals surface area contributed by atoms with Crippen LogP contribution in [0, 0.1) is 5.92 Å². The Morgan fingerprint density at radius 2 is 2.06 bits per heavy atom. The third kappa shape index (κ3) is 3.37. The van der Waals surface area contributed by atoms with E-state index in [0.717, 1.165) is 25.1 Å². The minimum absolute atomic E-state index is 0.240. The third-order valence-corrected chi connectivity index (χ3v) is 3.98. The SMILES string of the molecule is O=C(O)CC1CCN(Cc2c(Cl)cccc2Cl)C1. The highest BCUT2D eigenvalue weighted by Crippen LogP contribution is 2.28. The number of halogens is 2. The van der Waals surface area contributed by atoms with E-state index in [2.05, 4.69) is 4.90 Å². The molecule has 1 aromatic carbocycles. The molecule has 1 heterocycles. The van der Waals surface area contributed by atoms with Gasteiger partial charge in [0.05, 0.1) is 0 Å². The van der Waals surface area contributed by atoms with E-state index < -0.39 is 5.97 Å². The van der Waals surface area contributed by atoms with Crippen LogP contribution < -0.4 is 0 Å². The smallest absolute Gasteiger partial charge is 0.303 e. The van der Waals surface area contributed by atoms with Gasteiger partial charge in [-0.05, 0) is 31.0 Å². The topological polar surface area (TPSA) is 40.5 Å². The number of carbonyl (C=O) groups is 1. The first kappa shape index (κ1) is 13.7. The summed E-state index contributed by atoms with van der Waals surface area (Å²) < 4.78 is 0. The van der Waals surface area contributed by atoms with Gasteiger partial charge in [0.15, 0.2) is 0 Å². The number of nitrogens with zero attached hydrogens (tertiary/aromatic N) is 1. The van der Waals surface area contributed by atoms with Gasteiger partial charge in [-0.1, -0.05) is 29.3 Å². The first-order valence-corrected chi connectivity index (χ1v) is 6.69. The first-order valence-electron chi connectivity index (χ1n) is 5.93. The van der Waals surface area contributed by atoms with E-state index in [9.17, 15) is 4.79 Å². The highest BCUT2D eigenvalue weighted by Gasteiger charge is 2.25. The lowest BCUT2D eigenvalue weighted by Gasteiger charge is -2.17. The fourth-order valence-electron chi connectivity index (χ4n) is 2.38. The Balaban J connectivity index is 1.97. The molecule has 2 rings (SSSR count). The van der Waals surface area contributed by atoms with Crippen molar-refractivity contribution in [1.82, 2.24) is 4.90 Å². The zero-order chi connectivity index (χ0) is 13.1. The standard InChI is InChI=1S/C13H15Cl2NO2/c14-11-2-1-3-12(15)10(11)8-16-5-4-9(7-16)6-13(17)18/h1-3,9H,4-8H2,(H,17,18). The van der Waals surface area contributed by atoms with Gasteiger partial charge in [-0.15, -0.1) is 0 Å². The van der Waals surface area contributed by atoms with Crippen LogP contribution >= 0.6 is 23.2 Å². The third-order valence-electron chi connectivity index (χ3n) is 3.28. The molecule has 1 atom stereocenters. The molecule has 1 N–H and O–H groups in total. The summed E-state index contributed by atoms with van der Waals surface area (Å²) in [5.74, 6) is -0.485. The fraction of sp³-hybridized carbons (Fsp3) is 0.462. The van der Waals surface area contributed by atoms with Gasteiger partial charge in [0, 0.05) is 35.1 Å². The molecular formula is C13H15Cl2NO2. The normalized spacial score (nSPS) is 20.2. The molecule has 0 aliphatic carbocycles. The first-order chi connectivity index (χ1) is 8.56. The average molecular weight is 288 g/mol. The van der Waals surface area contributed by atoms with Crippen molar-refractivity contribution in [3.63, 3.8) is 0 Å². The molecule has 98 valence electrons. The highest BCUT2D eigenvalue weighted by atomic mass is 35.5. The second-order valence-corrected chi connectivity index (χ2v) is 5.50. The van der Waals surface area contributed by atoms with Crippen molar-refractivity contribution in [2.24, 2.45) is 5.92 Å². The van der Waals surface area contributed by atoms with E-state index in [1.54, 1.807) is 0 Å². The van der Waals surface area contributed by atoms with Gasteiger partial charge in [-0.3, -0.25) is 9.69 Å². The Hall–Kier alpha value is -0.770. The lowest BCUT2D eigenvalue weighted by atomic mass is 10.1. The zero-order valence-electron chi connectivity index (χ0n) is 9.90. The van der Waals surface area contributed by atoms with Crippen molar-refractivity contribution in [1.29, 1.82) is 0 Å². The van der Waals surface area contributed by atoms with E-state index in [0.29, 0.717) is 16.6 Å². The summed E-state index contributed by atoms with van der Waals surface area (Å²) in [6.45, 7) is 2.39. The van der Waals surface area contributed by atoms with Crippen LogP contribution in [0.5, 0.6) is 0 Å². The lowest BCUT2D eigenvalue weighted by molar-refractivity contribution is -0.138. The van der Waals surface area contributed by atoms with Crippen LogP contribution in [0.2, 0.25) is 10.0 Å². The van der Waals surface area contributed by atoms with Crippen molar-refractivity contribution < 1.29 is 9.90 Å². The second kappa shape index (κ2) is 5.91. The molecule has 0 radical (unpaired) electrons. The van der Waals surface area contributed by atoms with Crippen LogP contribution in [0.4, 0.5) is 0 Å². The van der Waals surface area contributed by atoms with E-state index >= 15 is 0 Å². The van der Waals surface area contributed by atoms with E-state index in [1.165, 1.54) is 0 Å². The second-order valence-electron chi connectivity index (χ2n) is 4.69. The maximum Gasteiger partial charge on any atom is 0.303 e. The minimum Gasteiger partial charge on any atom is -0.481 e. The molecule has 0 saturated carbocycles. The van der Waals surface area contributed by atoms with Gasteiger partial charge in [0.25, 0.3) is 0 Å². The van der Waals surface area contributed by atoms with E-state index in [4.69, 9.17) is 28.3 Å². The molecule has 18 heavy (non-hydrogen) atoms. The maximum absolute atomic E-state index is 10.7. The predicted octanol–water partition coefficient (Wildman–Crippen LogP) is 3.29. The number of hydrogen-bond donors (Lipinski definition) is 1. The Morgan fingerprint density at radius 1 is 1.39 bits per heavy atom. The average Bonchev–Trinajstić information content (AvgIpc) is 2.70. The molecule has 5 heteroatoms. The molecule has 1 aromatic rings. The number of aliphatic carboxylic acids is 1. The minimum atomic E-state index is -0.724. The molecular weight excluding hydrogens is 273 g/mol. The van der Waals surface area contributed by atoms with E-state index in [-0.39, 0.29) is 12.3 Å². The van der Waals surface area contributed by atoms with Gasteiger partial charge in [-0.25, -0.2) is 0 Å². The summed E-state index contributed by atoms with van der Waals surface area (Å²) in [5, 5.41) is 10.1. The molecule has 0 aromatic heterocycles. The summed E-state index contributed by atoms with van der Waals surface area (Å²) >= 11 is 12.2. The molecule has 1 fully saturated rings. The van der Waals surface area contributed by atoms with Gasteiger partial charge >= 0.3 is 5.97 Å². The summed E-state index contributed by atoms with van der Waals surface area (Å²) in [7, 11) is 0. The number of likely N-dealkylation sites (tertiary alicyclic amines) is 1. The Labute approximate surface area is 116 Å². The molecule has 1 aliphatic heterocycles. The Morgan fingerprint density at radius 3 is 2.67 bits per heavy atom. The van der Waals surface area contributed by atoms with Gasteiger partial charge < -0.3 is 5.11 Å². The Bertz CT molecular complexity index is 430. The summed E-state index contributed by atoms with van der Waals surface area (Å²) in [5.41, 5.74) is 0.928. The molecule has 0 amide bonds. The van der Waals surface area contributed by atoms with Crippen LogP contribution in [-0.2, 0) is 11.3 Å². The number of benzene rings is 1. The number of hydrogen-bond acceptors (Lipinski definition) is 2. The summed E-state index contributed by atoms with van der Waals surface area (Å²) in [6, 6.07) is 5.48. The quantitative estimate of drug-likeness (QED) is 0.924. The van der Waals surface area contributed by atoms with Crippen LogP contribution in [0.15, 0.2) is 18.2 Å². The van der Waals surface area contributed by atoms with Gasteiger partial charge in [0.2, 0.25) is 0 Å². The van der Waals surface area contributed by atoms with Gasteiger partial charge in [0.1, 0.15) is 0 Å². The summed E-state index contributed by atoms with van der Waals surface area (Å²) in [6.07, 6.45) is 1.17. The zero-order valence-corrected chi connectivity index (χ0v) is 11.4. The maximum atomic E-state index is 10.7. The Kier molecular flexibility index (Phi) is 4.49. The van der Waals surface area contributed by atoms with Crippen molar-refractivity contribution in [2.45, 2.75) is 19.4 Å². The van der Waals surface area contributed by atoms with Crippen molar-refractivity contribution in [2.75, 3.05) is 13.1 Å². The monoisotopic (exact) mass is 287 g/mol. The predicted molar refractivity (Wildman–Crippen MR) is 72.1 cm³/mol. The lowest BCUT2D eigenvalue weighted by Crippen LogP contribution is -2.21.